The van der Waals surface area contributed by atoms with E-state index in [1.54, 1.807) is 9.80 Å². The van der Waals surface area contributed by atoms with Crippen LogP contribution >= 0.6 is 0 Å². The van der Waals surface area contributed by atoms with Gasteiger partial charge in [0.15, 0.2) is 5.60 Å². The third kappa shape index (κ3) is 4.43. The zero-order valence-corrected chi connectivity index (χ0v) is 22.6. The number of aliphatic hydroxyl groups excluding tert-OH is 1. The van der Waals surface area contributed by atoms with Crippen LogP contribution in [-0.2, 0) is 31.3 Å². The highest BCUT2D eigenvalue weighted by molar-refractivity contribution is 6.07. The van der Waals surface area contributed by atoms with Gasteiger partial charge in [0.1, 0.15) is 0 Å². The number of benzene rings is 2. The van der Waals surface area contributed by atoms with Crippen molar-refractivity contribution < 1.29 is 24.2 Å². The van der Waals surface area contributed by atoms with Crippen LogP contribution in [0.5, 0.6) is 0 Å². The maximum atomic E-state index is 14.2. The van der Waals surface area contributed by atoms with Crippen molar-refractivity contribution >= 4 is 29.1 Å². The number of likely N-dealkylation sites (tertiary alicyclic amines) is 1. The fourth-order valence-electron chi connectivity index (χ4n) is 7.06. The van der Waals surface area contributed by atoms with Crippen molar-refractivity contribution in [3.8, 4) is 0 Å². The third-order valence-electron chi connectivity index (χ3n) is 9.02. The van der Waals surface area contributed by atoms with E-state index in [1.165, 1.54) is 0 Å². The van der Waals surface area contributed by atoms with Crippen LogP contribution in [0.15, 0.2) is 48.5 Å². The lowest BCUT2D eigenvalue weighted by molar-refractivity contribution is -0.150. The highest BCUT2D eigenvalue weighted by Gasteiger charge is 2.60. The van der Waals surface area contributed by atoms with Crippen LogP contribution < -0.4 is 9.80 Å². The first-order valence-corrected chi connectivity index (χ1v) is 14.3. The van der Waals surface area contributed by atoms with E-state index in [-0.39, 0.29) is 48.8 Å². The van der Waals surface area contributed by atoms with Gasteiger partial charge >= 0.3 is 0 Å². The molecule has 6 rings (SSSR count). The minimum atomic E-state index is -1.12. The Bertz CT molecular complexity index is 1280. The number of hydrogen-bond acceptors (Lipinski definition) is 5. The van der Waals surface area contributed by atoms with Gasteiger partial charge in [-0.05, 0) is 55.9 Å². The number of hydrogen-bond donors (Lipinski definition) is 1. The Hall–Kier alpha value is -3.23. The first kappa shape index (κ1) is 26.0. The molecule has 3 amide bonds. The first-order chi connectivity index (χ1) is 18.9. The van der Waals surface area contributed by atoms with Gasteiger partial charge in [0, 0.05) is 36.7 Å². The zero-order valence-electron chi connectivity index (χ0n) is 22.6. The molecule has 0 unspecified atom stereocenters. The van der Waals surface area contributed by atoms with Gasteiger partial charge < -0.3 is 24.5 Å². The number of ether oxygens (including phenoxy) is 1. The average molecular weight is 532 g/mol. The molecule has 4 aliphatic rings. The number of fused-ring (bicyclic) bond motifs is 2. The van der Waals surface area contributed by atoms with Crippen molar-refractivity contribution in [1.29, 1.82) is 0 Å². The summed E-state index contributed by atoms with van der Waals surface area (Å²) < 4.78 is 6.61. The monoisotopic (exact) mass is 531 g/mol. The summed E-state index contributed by atoms with van der Waals surface area (Å²) in [7, 11) is 0. The lowest BCUT2D eigenvalue weighted by Gasteiger charge is -2.29. The molecule has 4 aliphatic heterocycles. The van der Waals surface area contributed by atoms with Crippen LogP contribution in [0.1, 0.15) is 63.0 Å². The van der Waals surface area contributed by atoms with E-state index >= 15 is 0 Å². The molecule has 1 spiro atoms. The SMILES string of the molecule is C[C@@H]1C[C@H](CC(=O)N2CCC[C@H]2CO)O[C@@]12C(=O)N(Cc1cccc(N3CCCCC3=O)c1)c1ccccc12. The largest absolute Gasteiger partial charge is 0.394 e. The fourth-order valence-corrected chi connectivity index (χ4v) is 7.06. The molecule has 0 aliphatic carbocycles. The molecule has 2 aromatic carbocycles. The maximum absolute atomic E-state index is 14.2. The van der Waals surface area contributed by atoms with Crippen molar-refractivity contribution in [1.82, 2.24) is 4.90 Å². The lowest BCUT2D eigenvalue weighted by atomic mass is 9.83. The van der Waals surface area contributed by atoms with Crippen molar-refractivity contribution in [3.63, 3.8) is 0 Å². The van der Waals surface area contributed by atoms with Crippen LogP contribution in [0, 0.1) is 5.92 Å². The van der Waals surface area contributed by atoms with Gasteiger partial charge in [0.2, 0.25) is 11.8 Å². The molecule has 0 saturated carbocycles. The smallest absolute Gasteiger partial charge is 0.264 e. The Balaban J connectivity index is 1.24. The van der Waals surface area contributed by atoms with Gasteiger partial charge in [-0.25, -0.2) is 0 Å². The van der Waals surface area contributed by atoms with Crippen LogP contribution in [0.2, 0.25) is 0 Å². The number of carbonyl (C=O) groups excluding carboxylic acids is 3. The predicted octanol–water partition coefficient (Wildman–Crippen LogP) is 3.74. The van der Waals surface area contributed by atoms with Crippen LogP contribution in [0.3, 0.4) is 0 Å². The van der Waals surface area contributed by atoms with Crippen LogP contribution in [-0.4, -0.2) is 59.6 Å². The molecule has 3 fully saturated rings. The number of amides is 3. The summed E-state index contributed by atoms with van der Waals surface area (Å²) in [6.07, 6.45) is 4.68. The summed E-state index contributed by atoms with van der Waals surface area (Å²) in [5, 5.41) is 9.66. The summed E-state index contributed by atoms with van der Waals surface area (Å²) in [5.41, 5.74) is 2.39. The van der Waals surface area contributed by atoms with Crippen molar-refractivity contribution in [2.45, 2.75) is 76.2 Å². The molecule has 8 heteroatoms. The van der Waals surface area contributed by atoms with Crippen molar-refractivity contribution in [3.05, 3.63) is 59.7 Å². The Kier molecular flexibility index (Phi) is 6.93. The maximum Gasteiger partial charge on any atom is 0.264 e. The fraction of sp³-hybridized carbons (Fsp3) is 0.516. The summed E-state index contributed by atoms with van der Waals surface area (Å²) >= 11 is 0. The van der Waals surface area contributed by atoms with E-state index in [9.17, 15) is 19.5 Å². The standard InChI is InChI=1S/C31H37N3O5/c1-21-16-25(18-29(37)33-15-7-10-24(33)20-35)39-31(21)26-11-2-3-12-27(26)34(30(31)38)19-22-8-6-9-23(17-22)32-14-5-4-13-28(32)36/h2-3,6,8-9,11-12,17,21,24-25,35H,4-5,7,10,13-16,18-20H2,1H3/t21-,24+,25-,31+/m1/s1. The number of para-hydroxylation sites is 1. The quantitative estimate of drug-likeness (QED) is 0.613. The highest BCUT2D eigenvalue weighted by Crippen LogP contribution is 2.53. The van der Waals surface area contributed by atoms with Crippen molar-refractivity contribution in [2.75, 3.05) is 29.5 Å². The highest BCUT2D eigenvalue weighted by atomic mass is 16.5. The summed E-state index contributed by atoms with van der Waals surface area (Å²) in [4.78, 5) is 45.3. The average Bonchev–Trinajstić information content (AvgIpc) is 3.62. The van der Waals surface area contributed by atoms with Crippen LogP contribution in [0.25, 0.3) is 0 Å². The molecule has 8 nitrogen and oxygen atoms in total. The second-order valence-corrected chi connectivity index (χ2v) is 11.5. The van der Waals surface area contributed by atoms with Crippen molar-refractivity contribution in [2.24, 2.45) is 5.92 Å². The topological polar surface area (TPSA) is 90.4 Å². The summed E-state index contributed by atoms with van der Waals surface area (Å²) in [6, 6.07) is 15.6. The Morgan fingerprint density at radius 1 is 1.08 bits per heavy atom. The van der Waals surface area contributed by atoms with E-state index in [4.69, 9.17) is 4.74 Å². The summed E-state index contributed by atoms with van der Waals surface area (Å²) in [5.74, 6) is -0.0631. The molecule has 0 radical (unpaired) electrons. The van der Waals surface area contributed by atoms with E-state index in [0.29, 0.717) is 25.9 Å². The second-order valence-electron chi connectivity index (χ2n) is 11.5. The molecule has 4 atom stereocenters. The number of nitrogens with zero attached hydrogens (tertiary/aromatic N) is 3. The molecule has 39 heavy (non-hydrogen) atoms. The minimum Gasteiger partial charge on any atom is -0.394 e. The van der Waals surface area contributed by atoms with E-state index in [0.717, 1.165) is 54.7 Å². The molecule has 0 bridgehead atoms. The molecule has 206 valence electrons. The van der Waals surface area contributed by atoms with E-state index in [2.05, 4.69) is 0 Å². The predicted molar refractivity (Wildman–Crippen MR) is 147 cm³/mol. The van der Waals surface area contributed by atoms with Gasteiger partial charge in [0.05, 0.1) is 37.4 Å². The Morgan fingerprint density at radius 2 is 1.92 bits per heavy atom. The molecular formula is C31H37N3O5. The first-order valence-electron chi connectivity index (χ1n) is 14.3. The number of piperidine rings is 1. The van der Waals surface area contributed by atoms with Gasteiger partial charge in [-0.2, -0.15) is 0 Å². The van der Waals surface area contributed by atoms with E-state index < -0.39 is 5.60 Å². The molecule has 3 saturated heterocycles. The summed E-state index contributed by atoms with van der Waals surface area (Å²) in [6.45, 7) is 3.77. The number of rotatable bonds is 6. The van der Waals surface area contributed by atoms with E-state index in [1.807, 2.05) is 60.4 Å². The zero-order chi connectivity index (χ0) is 27.1. The number of carbonyl (C=O) groups is 3. The molecule has 0 aromatic heterocycles. The van der Waals surface area contributed by atoms with Gasteiger partial charge in [0.25, 0.3) is 5.91 Å². The third-order valence-corrected chi connectivity index (χ3v) is 9.02. The molecule has 4 heterocycles. The Labute approximate surface area is 229 Å². The Morgan fingerprint density at radius 3 is 2.74 bits per heavy atom. The molecular weight excluding hydrogens is 494 g/mol. The van der Waals surface area contributed by atoms with Gasteiger partial charge in [-0.3, -0.25) is 14.4 Å². The lowest BCUT2D eigenvalue weighted by Crippen LogP contribution is -2.44. The number of anilines is 2. The second kappa shape index (κ2) is 10.4. The molecule has 1 N–H and O–H groups in total. The minimum absolute atomic E-state index is 0.0135. The molecule has 2 aromatic rings. The normalized spacial score (nSPS) is 28.6. The van der Waals surface area contributed by atoms with Crippen LogP contribution in [0.4, 0.5) is 11.4 Å². The van der Waals surface area contributed by atoms with Gasteiger partial charge in [-0.15, -0.1) is 0 Å². The van der Waals surface area contributed by atoms with Gasteiger partial charge in [-0.1, -0.05) is 37.3 Å². The number of aliphatic hydroxyl groups is 1.